The van der Waals surface area contributed by atoms with Crippen molar-refractivity contribution in [2.75, 3.05) is 5.32 Å². The summed E-state index contributed by atoms with van der Waals surface area (Å²) in [5, 5.41) is 11.7. The first-order valence-corrected chi connectivity index (χ1v) is 5.77. The summed E-state index contributed by atoms with van der Waals surface area (Å²) in [4.78, 5) is 14.6. The number of aromatic nitrogens is 1. The Morgan fingerprint density at radius 2 is 2.47 bits per heavy atom. The number of carboxylic acids is 1. The van der Waals surface area contributed by atoms with Gasteiger partial charge in [-0.2, -0.15) is 0 Å². The summed E-state index contributed by atoms with van der Waals surface area (Å²) in [7, 11) is 0. The van der Waals surface area contributed by atoms with Gasteiger partial charge in [0.25, 0.3) is 0 Å². The number of nitrogens with zero attached hydrogens (tertiary/aromatic N) is 1. The molecule has 0 spiro atoms. The lowest BCUT2D eigenvalue weighted by molar-refractivity contribution is 0.0692. The highest BCUT2D eigenvalue weighted by Gasteiger charge is 2.36. The van der Waals surface area contributed by atoms with Gasteiger partial charge < -0.3 is 10.4 Å². The standard InChI is InChI=1S/C12H15FN2O2/c1-2-3-7-6-9(7)15-11-10(13)8(12(16)17)4-5-14-11/h4-5,7,9H,2-3,6H2,1H3,(H,14,15)(H,16,17). The molecule has 92 valence electrons. The molecule has 0 saturated heterocycles. The Kier molecular flexibility index (Phi) is 3.26. The van der Waals surface area contributed by atoms with Crippen molar-refractivity contribution in [1.82, 2.24) is 4.98 Å². The SMILES string of the molecule is CCCC1CC1Nc1nccc(C(=O)O)c1F. The van der Waals surface area contributed by atoms with Crippen molar-refractivity contribution in [3.8, 4) is 0 Å². The van der Waals surface area contributed by atoms with Crippen LogP contribution in [0.5, 0.6) is 0 Å². The van der Waals surface area contributed by atoms with Crippen LogP contribution in [0.3, 0.4) is 0 Å². The van der Waals surface area contributed by atoms with Crippen molar-refractivity contribution >= 4 is 11.8 Å². The third-order valence-corrected chi connectivity index (χ3v) is 3.02. The van der Waals surface area contributed by atoms with Crippen LogP contribution >= 0.6 is 0 Å². The van der Waals surface area contributed by atoms with Gasteiger partial charge in [0.15, 0.2) is 11.6 Å². The summed E-state index contributed by atoms with van der Waals surface area (Å²) in [6, 6.07) is 1.40. The zero-order valence-corrected chi connectivity index (χ0v) is 9.61. The largest absolute Gasteiger partial charge is 0.478 e. The molecule has 2 rings (SSSR count). The van der Waals surface area contributed by atoms with E-state index in [1.165, 1.54) is 12.3 Å². The number of hydrogen-bond acceptors (Lipinski definition) is 3. The summed E-state index contributed by atoms with van der Waals surface area (Å²) in [5.41, 5.74) is -0.338. The minimum atomic E-state index is -1.27. The van der Waals surface area contributed by atoms with E-state index in [2.05, 4.69) is 17.2 Å². The van der Waals surface area contributed by atoms with Gasteiger partial charge in [-0.1, -0.05) is 13.3 Å². The predicted octanol–water partition coefficient (Wildman–Crippen LogP) is 2.52. The first kappa shape index (κ1) is 11.8. The average Bonchev–Trinajstić information content (AvgIpc) is 3.00. The number of hydrogen-bond donors (Lipinski definition) is 2. The van der Waals surface area contributed by atoms with E-state index in [0.717, 1.165) is 19.3 Å². The van der Waals surface area contributed by atoms with Gasteiger partial charge in [-0.3, -0.25) is 0 Å². The number of nitrogens with one attached hydrogen (secondary N) is 1. The fourth-order valence-corrected chi connectivity index (χ4v) is 2.00. The van der Waals surface area contributed by atoms with E-state index in [0.29, 0.717) is 5.92 Å². The lowest BCUT2D eigenvalue weighted by Crippen LogP contribution is -2.11. The molecule has 2 N–H and O–H groups in total. The van der Waals surface area contributed by atoms with Gasteiger partial charge in [0, 0.05) is 12.2 Å². The molecule has 1 aromatic heterocycles. The van der Waals surface area contributed by atoms with Crippen LogP contribution in [-0.4, -0.2) is 22.1 Å². The van der Waals surface area contributed by atoms with E-state index < -0.39 is 11.8 Å². The van der Waals surface area contributed by atoms with Gasteiger partial charge in [0.2, 0.25) is 0 Å². The molecule has 0 aliphatic heterocycles. The molecular weight excluding hydrogens is 223 g/mol. The highest BCUT2D eigenvalue weighted by atomic mass is 19.1. The third-order valence-electron chi connectivity index (χ3n) is 3.02. The number of halogens is 1. The molecule has 17 heavy (non-hydrogen) atoms. The first-order valence-electron chi connectivity index (χ1n) is 5.77. The monoisotopic (exact) mass is 238 g/mol. The molecule has 0 amide bonds. The summed E-state index contributed by atoms with van der Waals surface area (Å²) < 4.78 is 13.7. The van der Waals surface area contributed by atoms with Crippen LogP contribution in [-0.2, 0) is 0 Å². The van der Waals surface area contributed by atoms with E-state index in [-0.39, 0.29) is 17.4 Å². The lowest BCUT2D eigenvalue weighted by atomic mass is 10.2. The predicted molar refractivity (Wildman–Crippen MR) is 61.6 cm³/mol. The molecule has 2 atom stereocenters. The van der Waals surface area contributed by atoms with Crippen LogP contribution in [0.25, 0.3) is 0 Å². The van der Waals surface area contributed by atoms with Crippen LogP contribution in [0.15, 0.2) is 12.3 Å². The van der Waals surface area contributed by atoms with E-state index in [1.807, 2.05) is 0 Å². The van der Waals surface area contributed by atoms with Gasteiger partial charge in [0.1, 0.15) is 5.56 Å². The van der Waals surface area contributed by atoms with Crippen molar-refractivity contribution in [2.45, 2.75) is 32.2 Å². The van der Waals surface area contributed by atoms with E-state index in [9.17, 15) is 9.18 Å². The van der Waals surface area contributed by atoms with Crippen LogP contribution < -0.4 is 5.32 Å². The van der Waals surface area contributed by atoms with Crippen LogP contribution in [0, 0.1) is 11.7 Å². The van der Waals surface area contributed by atoms with Gasteiger partial charge in [-0.15, -0.1) is 0 Å². The van der Waals surface area contributed by atoms with Crippen molar-refractivity contribution in [1.29, 1.82) is 0 Å². The number of carboxylic acid groups (broad SMARTS) is 1. The number of carbonyl (C=O) groups is 1. The minimum Gasteiger partial charge on any atom is -0.478 e. The maximum atomic E-state index is 13.7. The zero-order valence-electron chi connectivity index (χ0n) is 9.61. The molecule has 1 aliphatic carbocycles. The molecular formula is C12H15FN2O2. The number of rotatable bonds is 5. The number of aromatic carboxylic acids is 1. The maximum Gasteiger partial charge on any atom is 0.338 e. The fraction of sp³-hybridized carbons (Fsp3) is 0.500. The van der Waals surface area contributed by atoms with Crippen molar-refractivity contribution in [3.63, 3.8) is 0 Å². The summed E-state index contributed by atoms with van der Waals surface area (Å²) in [6.45, 7) is 2.11. The summed E-state index contributed by atoms with van der Waals surface area (Å²) >= 11 is 0. The highest BCUT2D eigenvalue weighted by Crippen LogP contribution is 2.37. The van der Waals surface area contributed by atoms with Crippen molar-refractivity contribution < 1.29 is 14.3 Å². The quantitative estimate of drug-likeness (QED) is 0.827. The molecule has 2 unspecified atom stereocenters. The zero-order chi connectivity index (χ0) is 12.4. The fourth-order valence-electron chi connectivity index (χ4n) is 2.00. The minimum absolute atomic E-state index is 0.0495. The molecule has 1 saturated carbocycles. The second-order valence-electron chi connectivity index (χ2n) is 4.36. The Morgan fingerprint density at radius 1 is 1.71 bits per heavy atom. The summed E-state index contributed by atoms with van der Waals surface area (Å²) in [5.74, 6) is -1.43. The maximum absolute atomic E-state index is 13.7. The van der Waals surface area contributed by atoms with Crippen LogP contribution in [0.1, 0.15) is 36.5 Å². The van der Waals surface area contributed by atoms with Gasteiger partial charge in [-0.25, -0.2) is 14.2 Å². The Bertz CT molecular complexity index is 437. The average molecular weight is 238 g/mol. The normalized spacial score (nSPS) is 22.2. The molecule has 1 fully saturated rings. The van der Waals surface area contributed by atoms with Gasteiger partial charge in [-0.05, 0) is 24.8 Å². The van der Waals surface area contributed by atoms with E-state index >= 15 is 0 Å². The van der Waals surface area contributed by atoms with E-state index in [4.69, 9.17) is 5.11 Å². The van der Waals surface area contributed by atoms with E-state index in [1.54, 1.807) is 0 Å². The van der Waals surface area contributed by atoms with Gasteiger partial charge in [0.05, 0.1) is 0 Å². The molecule has 0 aromatic carbocycles. The Labute approximate surface area is 98.9 Å². The van der Waals surface area contributed by atoms with Crippen molar-refractivity contribution in [2.24, 2.45) is 5.92 Å². The number of pyridine rings is 1. The number of anilines is 1. The molecule has 0 radical (unpaired) electrons. The summed E-state index contributed by atoms with van der Waals surface area (Å²) in [6.07, 6.45) is 4.53. The van der Waals surface area contributed by atoms with Crippen molar-refractivity contribution in [3.05, 3.63) is 23.6 Å². The van der Waals surface area contributed by atoms with Crippen LogP contribution in [0.2, 0.25) is 0 Å². The Morgan fingerprint density at radius 3 is 3.12 bits per heavy atom. The first-order chi connectivity index (χ1) is 8.13. The molecule has 4 nitrogen and oxygen atoms in total. The second kappa shape index (κ2) is 4.69. The Hall–Kier alpha value is -1.65. The molecule has 1 aliphatic rings. The van der Waals surface area contributed by atoms with Crippen LogP contribution in [0.4, 0.5) is 10.2 Å². The highest BCUT2D eigenvalue weighted by molar-refractivity contribution is 5.88. The third kappa shape index (κ3) is 2.54. The Balaban J connectivity index is 2.07. The molecule has 0 bridgehead atoms. The van der Waals surface area contributed by atoms with Gasteiger partial charge >= 0.3 is 5.97 Å². The molecule has 5 heteroatoms. The molecule has 1 aromatic rings. The topological polar surface area (TPSA) is 62.2 Å². The second-order valence-corrected chi connectivity index (χ2v) is 4.36. The lowest BCUT2D eigenvalue weighted by Gasteiger charge is -2.07. The molecule has 1 heterocycles. The smallest absolute Gasteiger partial charge is 0.338 e.